The van der Waals surface area contributed by atoms with Crippen LogP contribution in [-0.2, 0) is 4.79 Å². The van der Waals surface area contributed by atoms with Crippen LogP contribution in [0.25, 0.3) is 0 Å². The number of rotatable bonds is 4. The molecule has 1 aliphatic carbocycles. The van der Waals surface area contributed by atoms with Crippen molar-refractivity contribution in [1.82, 2.24) is 5.32 Å². The van der Waals surface area contributed by atoms with Gasteiger partial charge in [-0.15, -0.1) is 0 Å². The molecule has 1 atom stereocenters. The molecule has 0 aromatic heterocycles. The second-order valence-electron chi connectivity index (χ2n) is 4.79. The van der Waals surface area contributed by atoms with Gasteiger partial charge >= 0.3 is 0 Å². The Balaban J connectivity index is 1.84. The third-order valence-electron chi connectivity index (χ3n) is 3.26. The van der Waals surface area contributed by atoms with E-state index in [-0.39, 0.29) is 17.4 Å². The number of nitrogens with one attached hydrogen (secondary N) is 1. The lowest BCUT2D eigenvalue weighted by Crippen LogP contribution is -2.35. The van der Waals surface area contributed by atoms with Gasteiger partial charge in [0.25, 0.3) is 0 Å². The van der Waals surface area contributed by atoms with E-state index in [9.17, 15) is 4.79 Å². The first-order valence-electron chi connectivity index (χ1n) is 5.71. The normalized spacial score (nSPS) is 18.9. The zero-order valence-electron chi connectivity index (χ0n) is 9.57. The van der Waals surface area contributed by atoms with Crippen molar-refractivity contribution in [1.29, 1.82) is 0 Å². The van der Waals surface area contributed by atoms with Gasteiger partial charge in [-0.3, -0.25) is 4.79 Å². The number of benzene rings is 1. The summed E-state index contributed by atoms with van der Waals surface area (Å²) in [6.45, 7) is 2.51. The maximum atomic E-state index is 11.7. The summed E-state index contributed by atoms with van der Waals surface area (Å²) in [7, 11) is 0. The van der Waals surface area contributed by atoms with Crippen LogP contribution < -0.4 is 11.1 Å². The molecule has 0 radical (unpaired) electrons. The second kappa shape index (κ2) is 4.26. The highest BCUT2D eigenvalue weighted by Gasteiger charge is 2.44. The van der Waals surface area contributed by atoms with E-state index in [0.29, 0.717) is 6.54 Å². The molecule has 1 unspecified atom stereocenters. The molecule has 1 aromatic carbocycles. The SMILES string of the molecule is CC1(C(=O)NCC(N)c2ccccc2)CC1. The molecular formula is C13H18N2O. The molecule has 0 spiro atoms. The van der Waals surface area contributed by atoms with Crippen molar-refractivity contribution in [3.05, 3.63) is 35.9 Å². The number of hydrogen-bond acceptors (Lipinski definition) is 2. The van der Waals surface area contributed by atoms with Gasteiger partial charge in [0.15, 0.2) is 0 Å². The van der Waals surface area contributed by atoms with E-state index in [4.69, 9.17) is 5.73 Å². The van der Waals surface area contributed by atoms with Gasteiger partial charge in [0, 0.05) is 18.0 Å². The zero-order chi connectivity index (χ0) is 11.6. The summed E-state index contributed by atoms with van der Waals surface area (Å²) in [5.74, 6) is 0.138. The van der Waals surface area contributed by atoms with E-state index in [2.05, 4.69) is 5.32 Å². The average Bonchev–Trinajstić information content (AvgIpc) is 3.06. The topological polar surface area (TPSA) is 55.1 Å². The third kappa shape index (κ3) is 2.42. The number of nitrogens with two attached hydrogens (primary N) is 1. The molecule has 1 fully saturated rings. The quantitative estimate of drug-likeness (QED) is 0.806. The minimum Gasteiger partial charge on any atom is -0.354 e. The van der Waals surface area contributed by atoms with Crippen LogP contribution >= 0.6 is 0 Å². The molecule has 0 aliphatic heterocycles. The summed E-state index contributed by atoms with van der Waals surface area (Å²) < 4.78 is 0. The standard InChI is InChI=1S/C13H18N2O/c1-13(7-8-13)12(16)15-9-11(14)10-5-3-2-4-6-10/h2-6,11H,7-9,14H2,1H3,(H,15,16). The molecule has 2 rings (SSSR count). The maximum absolute atomic E-state index is 11.7. The molecule has 0 heterocycles. The van der Waals surface area contributed by atoms with Gasteiger partial charge in [-0.05, 0) is 18.4 Å². The lowest BCUT2D eigenvalue weighted by Gasteiger charge is -2.15. The van der Waals surface area contributed by atoms with Crippen LogP contribution in [0.5, 0.6) is 0 Å². The van der Waals surface area contributed by atoms with Crippen molar-refractivity contribution in [2.24, 2.45) is 11.1 Å². The van der Waals surface area contributed by atoms with Crippen molar-refractivity contribution < 1.29 is 4.79 Å². The number of carbonyl (C=O) groups is 1. The van der Waals surface area contributed by atoms with Crippen LogP contribution in [0, 0.1) is 5.41 Å². The summed E-state index contributed by atoms with van der Waals surface area (Å²) >= 11 is 0. The molecule has 1 amide bonds. The Kier molecular flexibility index (Phi) is 2.97. The van der Waals surface area contributed by atoms with E-state index < -0.39 is 0 Å². The molecule has 86 valence electrons. The van der Waals surface area contributed by atoms with E-state index in [1.54, 1.807) is 0 Å². The number of hydrogen-bond donors (Lipinski definition) is 2. The van der Waals surface area contributed by atoms with Gasteiger partial charge in [0.1, 0.15) is 0 Å². The first-order chi connectivity index (χ1) is 7.62. The Morgan fingerprint density at radius 1 is 1.44 bits per heavy atom. The fourth-order valence-electron chi connectivity index (χ4n) is 1.65. The molecular weight excluding hydrogens is 200 g/mol. The number of amides is 1. The van der Waals surface area contributed by atoms with Crippen LogP contribution in [0.3, 0.4) is 0 Å². The van der Waals surface area contributed by atoms with Gasteiger partial charge in [-0.2, -0.15) is 0 Å². The van der Waals surface area contributed by atoms with Gasteiger partial charge in [-0.25, -0.2) is 0 Å². The van der Waals surface area contributed by atoms with E-state index >= 15 is 0 Å². The molecule has 3 nitrogen and oxygen atoms in total. The first-order valence-corrected chi connectivity index (χ1v) is 5.71. The smallest absolute Gasteiger partial charge is 0.226 e. The van der Waals surface area contributed by atoms with E-state index in [1.807, 2.05) is 37.3 Å². The lowest BCUT2D eigenvalue weighted by atomic mass is 10.1. The van der Waals surface area contributed by atoms with Crippen LogP contribution in [0.1, 0.15) is 31.4 Å². The van der Waals surface area contributed by atoms with Crippen LogP contribution in [0.4, 0.5) is 0 Å². The average molecular weight is 218 g/mol. The Labute approximate surface area is 96.0 Å². The van der Waals surface area contributed by atoms with E-state index in [0.717, 1.165) is 18.4 Å². The van der Waals surface area contributed by atoms with Crippen molar-refractivity contribution in [2.45, 2.75) is 25.8 Å². The lowest BCUT2D eigenvalue weighted by molar-refractivity contribution is -0.125. The first kappa shape index (κ1) is 11.1. The van der Waals surface area contributed by atoms with Crippen molar-refractivity contribution in [3.8, 4) is 0 Å². The minimum atomic E-state index is -0.118. The highest BCUT2D eigenvalue weighted by atomic mass is 16.2. The molecule has 0 saturated heterocycles. The largest absolute Gasteiger partial charge is 0.354 e. The molecule has 1 saturated carbocycles. The molecule has 3 N–H and O–H groups in total. The van der Waals surface area contributed by atoms with Crippen molar-refractivity contribution in [2.75, 3.05) is 6.54 Å². The maximum Gasteiger partial charge on any atom is 0.226 e. The van der Waals surface area contributed by atoms with Crippen LogP contribution in [-0.4, -0.2) is 12.5 Å². The Morgan fingerprint density at radius 3 is 2.62 bits per heavy atom. The van der Waals surface area contributed by atoms with Gasteiger partial charge < -0.3 is 11.1 Å². The summed E-state index contributed by atoms with van der Waals surface area (Å²) in [5.41, 5.74) is 6.94. The zero-order valence-corrected chi connectivity index (χ0v) is 9.57. The molecule has 1 aromatic rings. The highest BCUT2D eigenvalue weighted by molar-refractivity contribution is 5.84. The predicted octanol–water partition coefficient (Wildman–Crippen LogP) is 1.60. The Morgan fingerprint density at radius 2 is 2.06 bits per heavy atom. The van der Waals surface area contributed by atoms with Crippen LogP contribution in [0.2, 0.25) is 0 Å². The monoisotopic (exact) mass is 218 g/mol. The molecule has 3 heteroatoms. The predicted molar refractivity (Wildman–Crippen MR) is 63.7 cm³/mol. The van der Waals surface area contributed by atoms with Gasteiger partial charge in [-0.1, -0.05) is 37.3 Å². The summed E-state index contributed by atoms with van der Waals surface area (Å²) in [6, 6.07) is 9.72. The minimum absolute atomic E-state index is 0.115. The van der Waals surface area contributed by atoms with Crippen molar-refractivity contribution >= 4 is 5.91 Å². The second-order valence-corrected chi connectivity index (χ2v) is 4.79. The van der Waals surface area contributed by atoms with Crippen LogP contribution in [0.15, 0.2) is 30.3 Å². The Bertz CT molecular complexity index is 371. The highest BCUT2D eigenvalue weighted by Crippen LogP contribution is 2.44. The Hall–Kier alpha value is -1.35. The summed E-state index contributed by atoms with van der Waals surface area (Å²) in [6.07, 6.45) is 2.00. The van der Waals surface area contributed by atoms with E-state index in [1.165, 1.54) is 0 Å². The van der Waals surface area contributed by atoms with Gasteiger partial charge in [0.2, 0.25) is 5.91 Å². The molecule has 0 bridgehead atoms. The van der Waals surface area contributed by atoms with Gasteiger partial charge in [0.05, 0.1) is 0 Å². The fourth-order valence-corrected chi connectivity index (χ4v) is 1.65. The molecule has 16 heavy (non-hydrogen) atoms. The van der Waals surface area contributed by atoms with Crippen molar-refractivity contribution in [3.63, 3.8) is 0 Å². The summed E-state index contributed by atoms with van der Waals surface area (Å²) in [5, 5.41) is 2.92. The number of carbonyl (C=O) groups excluding carboxylic acids is 1. The summed E-state index contributed by atoms with van der Waals surface area (Å²) in [4.78, 5) is 11.7. The third-order valence-corrected chi connectivity index (χ3v) is 3.26. The fraction of sp³-hybridized carbons (Fsp3) is 0.462. The molecule has 1 aliphatic rings.